The zero-order valence-electron chi connectivity index (χ0n) is 12.9. The van der Waals surface area contributed by atoms with Gasteiger partial charge in [0.2, 0.25) is 0 Å². The van der Waals surface area contributed by atoms with Gasteiger partial charge in [-0.25, -0.2) is 9.97 Å². The molecule has 1 amide bonds. The van der Waals surface area contributed by atoms with E-state index in [4.69, 9.17) is 5.73 Å². The molecular formula is C17H17N5O2. The minimum Gasteiger partial charge on any atom is -0.390 e. The zero-order chi connectivity index (χ0) is 16.7. The second kappa shape index (κ2) is 5.70. The lowest BCUT2D eigenvalue weighted by Crippen LogP contribution is -2.33. The van der Waals surface area contributed by atoms with Gasteiger partial charge in [0.1, 0.15) is 11.8 Å². The molecule has 4 rings (SSSR count). The van der Waals surface area contributed by atoms with Crippen molar-refractivity contribution >= 4 is 17.1 Å². The van der Waals surface area contributed by atoms with E-state index in [2.05, 4.69) is 9.97 Å². The molecule has 7 heteroatoms. The van der Waals surface area contributed by atoms with Gasteiger partial charge >= 0.3 is 0 Å². The fourth-order valence-electron chi connectivity index (χ4n) is 2.96. The number of imidazole rings is 1. The van der Waals surface area contributed by atoms with E-state index >= 15 is 0 Å². The molecule has 3 heterocycles. The highest BCUT2D eigenvalue weighted by molar-refractivity contribution is 5.96. The first-order valence-electron chi connectivity index (χ1n) is 7.75. The lowest BCUT2D eigenvalue weighted by Gasteiger charge is -2.15. The Kier molecular flexibility index (Phi) is 3.51. The number of aliphatic hydroxyl groups excluding tert-OH is 1. The molecule has 1 saturated heterocycles. The molecule has 1 fully saturated rings. The summed E-state index contributed by atoms with van der Waals surface area (Å²) < 4.78 is 1.87. The molecule has 1 aliphatic rings. The van der Waals surface area contributed by atoms with Gasteiger partial charge in [-0.05, 0) is 18.2 Å². The molecule has 1 aromatic carbocycles. The maximum absolute atomic E-state index is 12.5. The van der Waals surface area contributed by atoms with Crippen molar-refractivity contribution in [3.63, 3.8) is 0 Å². The fourth-order valence-corrected chi connectivity index (χ4v) is 2.96. The second-order valence-electron chi connectivity index (χ2n) is 5.96. The van der Waals surface area contributed by atoms with E-state index in [1.807, 2.05) is 34.9 Å². The molecule has 0 spiro atoms. The van der Waals surface area contributed by atoms with Crippen LogP contribution < -0.4 is 5.73 Å². The van der Waals surface area contributed by atoms with Crippen molar-refractivity contribution < 1.29 is 9.90 Å². The number of carbonyl (C=O) groups is 1. The van der Waals surface area contributed by atoms with Gasteiger partial charge in [0, 0.05) is 31.0 Å². The molecule has 0 radical (unpaired) electrons. The van der Waals surface area contributed by atoms with Crippen LogP contribution in [0.25, 0.3) is 16.9 Å². The third-order valence-electron chi connectivity index (χ3n) is 4.29. The molecule has 1 aliphatic heterocycles. The van der Waals surface area contributed by atoms with Crippen LogP contribution in [-0.2, 0) is 0 Å². The fraction of sp³-hybridized carbons (Fsp3) is 0.235. The maximum atomic E-state index is 12.5. The van der Waals surface area contributed by atoms with Crippen molar-refractivity contribution in [2.45, 2.75) is 12.1 Å². The molecule has 24 heavy (non-hydrogen) atoms. The summed E-state index contributed by atoms with van der Waals surface area (Å²) in [4.78, 5) is 22.8. The summed E-state index contributed by atoms with van der Waals surface area (Å²) in [6.45, 7) is 0.590. The Bertz CT molecular complexity index is 882. The Labute approximate surface area is 138 Å². The Balaban J connectivity index is 1.67. The summed E-state index contributed by atoms with van der Waals surface area (Å²) in [6, 6.07) is 11.1. The van der Waals surface area contributed by atoms with Crippen LogP contribution in [0.15, 0.2) is 48.9 Å². The number of rotatable bonds is 2. The highest BCUT2D eigenvalue weighted by Crippen LogP contribution is 2.19. The standard InChI is InChI=1S/C17H17N5O2/c18-13-8-21(9-15(13)23)17(24)11-6-14-16(19-7-11)22(10-20-14)12-4-2-1-3-5-12/h1-7,10,13,15,23H,8-9,18H2/t13-,15-/m1/s1. The van der Waals surface area contributed by atoms with E-state index in [9.17, 15) is 9.90 Å². The molecule has 3 aromatic rings. The highest BCUT2D eigenvalue weighted by atomic mass is 16.3. The van der Waals surface area contributed by atoms with E-state index in [0.717, 1.165) is 5.69 Å². The number of nitrogens with zero attached hydrogens (tertiary/aromatic N) is 4. The minimum atomic E-state index is -0.678. The van der Waals surface area contributed by atoms with Gasteiger partial charge in [-0.3, -0.25) is 9.36 Å². The van der Waals surface area contributed by atoms with Crippen molar-refractivity contribution in [3.05, 3.63) is 54.5 Å². The Morgan fingerprint density at radius 2 is 2.00 bits per heavy atom. The van der Waals surface area contributed by atoms with E-state index in [1.165, 1.54) is 0 Å². The molecule has 122 valence electrons. The molecule has 2 atom stereocenters. The Morgan fingerprint density at radius 3 is 2.71 bits per heavy atom. The predicted octanol–water partition coefficient (Wildman–Crippen LogP) is 0.564. The zero-order valence-corrected chi connectivity index (χ0v) is 12.9. The Hall–Kier alpha value is -2.77. The highest BCUT2D eigenvalue weighted by Gasteiger charge is 2.32. The van der Waals surface area contributed by atoms with E-state index in [1.54, 1.807) is 23.5 Å². The van der Waals surface area contributed by atoms with Gasteiger partial charge in [0.25, 0.3) is 5.91 Å². The monoisotopic (exact) mass is 323 g/mol. The number of nitrogens with two attached hydrogens (primary N) is 1. The number of aromatic nitrogens is 3. The van der Waals surface area contributed by atoms with Crippen LogP contribution in [0.5, 0.6) is 0 Å². The number of fused-ring (bicyclic) bond motifs is 1. The number of para-hydroxylation sites is 1. The van der Waals surface area contributed by atoms with Gasteiger partial charge in [0.15, 0.2) is 5.65 Å². The van der Waals surface area contributed by atoms with Crippen LogP contribution in [0, 0.1) is 0 Å². The predicted molar refractivity (Wildman–Crippen MR) is 88.8 cm³/mol. The van der Waals surface area contributed by atoms with Crippen molar-refractivity contribution in [2.75, 3.05) is 13.1 Å². The number of likely N-dealkylation sites (tertiary alicyclic amines) is 1. The topological polar surface area (TPSA) is 97.3 Å². The number of hydrogen-bond acceptors (Lipinski definition) is 5. The minimum absolute atomic E-state index is 0.189. The summed E-state index contributed by atoms with van der Waals surface area (Å²) in [5.74, 6) is -0.189. The van der Waals surface area contributed by atoms with E-state index < -0.39 is 12.1 Å². The van der Waals surface area contributed by atoms with Gasteiger partial charge in [-0.15, -0.1) is 0 Å². The molecule has 0 unspecified atom stereocenters. The smallest absolute Gasteiger partial charge is 0.255 e. The summed E-state index contributed by atoms with van der Waals surface area (Å²) in [5.41, 5.74) is 8.51. The van der Waals surface area contributed by atoms with Crippen LogP contribution in [-0.4, -0.2) is 55.7 Å². The average molecular weight is 323 g/mol. The van der Waals surface area contributed by atoms with Gasteiger partial charge in [-0.2, -0.15) is 0 Å². The van der Waals surface area contributed by atoms with Gasteiger partial charge < -0.3 is 15.7 Å². The SMILES string of the molecule is N[C@@H]1CN(C(=O)c2cnc3c(c2)ncn3-c2ccccc2)C[C@H]1O. The number of hydrogen-bond donors (Lipinski definition) is 2. The summed E-state index contributed by atoms with van der Waals surface area (Å²) in [5, 5.41) is 9.71. The first kappa shape index (κ1) is 14.8. The number of β-amino-alcohol motifs (C(OH)–C–C–N with tert-alkyl or cyclic N) is 1. The van der Waals surface area contributed by atoms with Gasteiger partial charge in [-0.1, -0.05) is 18.2 Å². The number of benzene rings is 1. The van der Waals surface area contributed by atoms with Crippen molar-refractivity contribution in [2.24, 2.45) is 5.73 Å². The Morgan fingerprint density at radius 1 is 1.21 bits per heavy atom. The van der Waals surface area contributed by atoms with Crippen LogP contribution >= 0.6 is 0 Å². The first-order valence-corrected chi connectivity index (χ1v) is 7.75. The number of pyridine rings is 1. The molecule has 3 N–H and O–H groups in total. The van der Waals surface area contributed by atoms with Crippen LogP contribution in [0.4, 0.5) is 0 Å². The lowest BCUT2D eigenvalue weighted by atomic mass is 10.2. The number of carbonyl (C=O) groups excluding carboxylic acids is 1. The maximum Gasteiger partial charge on any atom is 0.255 e. The lowest BCUT2D eigenvalue weighted by molar-refractivity contribution is 0.0764. The summed E-state index contributed by atoms with van der Waals surface area (Å²) >= 11 is 0. The van der Waals surface area contributed by atoms with E-state index in [0.29, 0.717) is 23.3 Å². The van der Waals surface area contributed by atoms with Crippen molar-refractivity contribution in [3.8, 4) is 5.69 Å². The molecule has 0 bridgehead atoms. The third-order valence-corrected chi connectivity index (χ3v) is 4.29. The molecule has 0 saturated carbocycles. The molecule has 0 aliphatic carbocycles. The molecular weight excluding hydrogens is 306 g/mol. The first-order chi connectivity index (χ1) is 11.6. The number of aliphatic hydroxyl groups is 1. The van der Waals surface area contributed by atoms with Crippen molar-refractivity contribution in [1.29, 1.82) is 0 Å². The van der Waals surface area contributed by atoms with Crippen LogP contribution in [0.3, 0.4) is 0 Å². The number of amides is 1. The second-order valence-corrected chi connectivity index (χ2v) is 5.96. The normalized spacial score (nSPS) is 20.7. The molecule has 7 nitrogen and oxygen atoms in total. The summed E-state index contributed by atoms with van der Waals surface area (Å²) in [6.07, 6.45) is 2.56. The summed E-state index contributed by atoms with van der Waals surface area (Å²) in [7, 11) is 0. The quantitative estimate of drug-likeness (QED) is 0.718. The largest absolute Gasteiger partial charge is 0.390 e. The molecule has 2 aromatic heterocycles. The van der Waals surface area contributed by atoms with Crippen molar-refractivity contribution in [1.82, 2.24) is 19.4 Å². The van der Waals surface area contributed by atoms with Crippen LogP contribution in [0.1, 0.15) is 10.4 Å². The van der Waals surface area contributed by atoms with E-state index in [-0.39, 0.29) is 12.5 Å². The average Bonchev–Trinajstić information content (AvgIpc) is 3.18. The van der Waals surface area contributed by atoms with Gasteiger partial charge in [0.05, 0.1) is 11.7 Å². The third kappa shape index (κ3) is 2.44. The van der Waals surface area contributed by atoms with Crippen LogP contribution in [0.2, 0.25) is 0 Å².